The van der Waals surface area contributed by atoms with Crippen LogP contribution >= 0.6 is 7.77 Å². The molecule has 1 atom stereocenters. The van der Waals surface area contributed by atoms with Gasteiger partial charge in [-0.05, 0) is 12.8 Å². The minimum atomic E-state index is -1.63. The molecule has 0 aliphatic rings. The van der Waals surface area contributed by atoms with Crippen LogP contribution < -0.4 is 4.89 Å². The van der Waals surface area contributed by atoms with Crippen LogP contribution in [0.25, 0.3) is 0 Å². The van der Waals surface area contributed by atoms with E-state index >= 15 is 0 Å². The predicted octanol–water partition coefficient (Wildman–Crippen LogP) is 0.926. The fourth-order valence-electron chi connectivity index (χ4n) is 0.823. The minimum absolute atomic E-state index is 0.380. The van der Waals surface area contributed by atoms with Gasteiger partial charge in [0.1, 0.15) is 6.16 Å². The van der Waals surface area contributed by atoms with Gasteiger partial charge < -0.3 is 14.4 Å². The zero-order valence-electron chi connectivity index (χ0n) is 9.40. The van der Waals surface area contributed by atoms with E-state index in [0.717, 1.165) is 18.6 Å². The molecule has 0 spiro atoms. The van der Waals surface area contributed by atoms with Gasteiger partial charge in [-0.2, -0.15) is 0 Å². The second-order valence-corrected chi connectivity index (χ2v) is 4.59. The molecule has 1 unspecified atom stereocenters. The molecule has 0 N–H and O–H groups in total. The second-order valence-electron chi connectivity index (χ2n) is 3.05. The maximum Gasteiger partial charge on any atom is 0.373 e. The van der Waals surface area contributed by atoms with Crippen LogP contribution in [0, 0.1) is 0 Å². The summed E-state index contributed by atoms with van der Waals surface area (Å²) in [5.41, 5.74) is 0. The quantitative estimate of drug-likeness (QED) is 0.356. The van der Waals surface area contributed by atoms with Crippen molar-refractivity contribution in [3.8, 4) is 0 Å². The number of rotatable bonds is 8. The first-order valence-electron chi connectivity index (χ1n) is 5.23. The van der Waals surface area contributed by atoms with Gasteiger partial charge in [0.25, 0.3) is 0 Å². The fourth-order valence-corrected chi connectivity index (χ4v) is 1.57. The number of carbonyl (C=O) groups is 1. The minimum Gasteiger partial charge on any atom is -0.630 e. The fraction of sp³-hybridized carbons (Fsp3) is 0.800. The maximum atomic E-state index is 11.3. The van der Waals surface area contributed by atoms with Gasteiger partial charge in [-0.1, -0.05) is 13.8 Å². The van der Waals surface area contributed by atoms with Crippen molar-refractivity contribution in [2.45, 2.75) is 26.7 Å². The van der Waals surface area contributed by atoms with E-state index in [2.05, 4.69) is 0 Å². The highest BCUT2D eigenvalue weighted by Gasteiger charge is 2.04. The Balaban J connectivity index is 3.62. The van der Waals surface area contributed by atoms with E-state index in [4.69, 9.17) is 9.47 Å². The third-order valence-electron chi connectivity index (χ3n) is 1.50. The van der Waals surface area contributed by atoms with Gasteiger partial charge >= 0.3 is 5.97 Å². The molecular weight excluding hydrogens is 215 g/mol. The normalized spacial score (nSPS) is 11.5. The Bertz CT molecular complexity index is 204. The molecule has 0 aromatic carbocycles. The summed E-state index contributed by atoms with van der Waals surface area (Å²) in [5.74, 6) is 0.647. The molecule has 0 fully saturated rings. The molecule has 15 heavy (non-hydrogen) atoms. The molecule has 5 heteroatoms. The van der Waals surface area contributed by atoms with E-state index in [0.29, 0.717) is 26.0 Å². The van der Waals surface area contributed by atoms with Gasteiger partial charge in [-0.25, -0.2) is 4.79 Å². The predicted molar refractivity (Wildman–Crippen MR) is 60.2 cm³/mol. The summed E-state index contributed by atoms with van der Waals surface area (Å²) >= 11 is 0. The zero-order chi connectivity index (χ0) is 11.5. The smallest absolute Gasteiger partial charge is 0.373 e. The molecule has 0 rings (SSSR count). The first kappa shape index (κ1) is 14.6. The van der Waals surface area contributed by atoms with Crippen molar-refractivity contribution in [1.29, 1.82) is 0 Å². The Morgan fingerprint density at radius 1 is 1.27 bits per heavy atom. The average molecular weight is 234 g/mol. The molecule has 0 bridgehead atoms. The highest BCUT2D eigenvalue weighted by molar-refractivity contribution is 7.52. The van der Waals surface area contributed by atoms with E-state index in [1.54, 1.807) is 0 Å². The van der Waals surface area contributed by atoms with Crippen molar-refractivity contribution < 1.29 is 19.2 Å². The molecular formula is C10H19O4P. The molecule has 0 saturated carbocycles. The van der Waals surface area contributed by atoms with E-state index in [9.17, 15) is 9.69 Å². The van der Waals surface area contributed by atoms with Gasteiger partial charge in [-0.15, -0.1) is 0 Å². The van der Waals surface area contributed by atoms with Crippen molar-refractivity contribution in [2.24, 2.45) is 0 Å². The van der Waals surface area contributed by atoms with Gasteiger partial charge in [0.05, 0.1) is 21.0 Å². The van der Waals surface area contributed by atoms with Crippen LogP contribution in [0.4, 0.5) is 0 Å². The molecule has 0 aromatic rings. The van der Waals surface area contributed by atoms with Crippen molar-refractivity contribution in [3.05, 3.63) is 0 Å². The SMILES string of the molecule is CCCOCC[P+]([O-])=CC(=O)OCCC. The summed E-state index contributed by atoms with van der Waals surface area (Å²) in [5, 5.41) is 0. The summed E-state index contributed by atoms with van der Waals surface area (Å²) in [6.07, 6.45) is 2.10. The number of hydrogen-bond donors (Lipinski definition) is 0. The molecule has 4 nitrogen and oxygen atoms in total. The first-order valence-corrected chi connectivity index (χ1v) is 6.75. The van der Waals surface area contributed by atoms with Crippen LogP contribution in [0.15, 0.2) is 0 Å². The van der Waals surface area contributed by atoms with Gasteiger partial charge in [0, 0.05) is 6.61 Å². The largest absolute Gasteiger partial charge is 0.630 e. The van der Waals surface area contributed by atoms with Crippen molar-refractivity contribution in [2.75, 3.05) is 26.0 Å². The zero-order valence-corrected chi connectivity index (χ0v) is 10.3. The summed E-state index contributed by atoms with van der Waals surface area (Å²) in [7, 11) is -1.63. The van der Waals surface area contributed by atoms with E-state index in [1.807, 2.05) is 13.8 Å². The van der Waals surface area contributed by atoms with Crippen LogP contribution in [0.5, 0.6) is 0 Å². The third kappa shape index (κ3) is 9.85. The lowest BCUT2D eigenvalue weighted by molar-refractivity contribution is -0.153. The topological polar surface area (TPSA) is 58.6 Å². The van der Waals surface area contributed by atoms with Crippen LogP contribution in [0.3, 0.4) is 0 Å². The second kappa shape index (κ2) is 10.1. The lowest BCUT2D eigenvalue weighted by Crippen LogP contribution is -2.10. The molecule has 0 saturated heterocycles. The lowest BCUT2D eigenvalue weighted by atomic mass is 10.5. The standard InChI is InChI=1S/C10H19O4P/c1-3-5-13-7-8-15(12)9-10(11)14-6-4-2/h9H,3-8H2,1-2H3. The van der Waals surface area contributed by atoms with Gasteiger partial charge in [-0.3, -0.25) is 0 Å². The number of carbonyl (C=O) groups excluding carboxylic acids is 1. The molecule has 88 valence electrons. The molecule has 0 amide bonds. The number of ether oxygens (including phenoxy) is 2. The average Bonchev–Trinajstić information content (AvgIpc) is 2.21. The maximum absolute atomic E-state index is 11.3. The van der Waals surface area contributed by atoms with Crippen LogP contribution in [0.2, 0.25) is 0 Å². The molecule has 0 aliphatic heterocycles. The number of esters is 1. The van der Waals surface area contributed by atoms with Crippen LogP contribution in [-0.4, -0.2) is 37.7 Å². The summed E-state index contributed by atoms with van der Waals surface area (Å²) in [4.78, 5) is 22.3. The van der Waals surface area contributed by atoms with Gasteiger partial charge in [0.2, 0.25) is 0 Å². The Morgan fingerprint density at radius 2 is 1.93 bits per heavy atom. The van der Waals surface area contributed by atoms with E-state index in [-0.39, 0.29) is 0 Å². The summed E-state index contributed by atoms with van der Waals surface area (Å²) in [6.45, 7) is 5.40. The van der Waals surface area contributed by atoms with Crippen LogP contribution in [0.1, 0.15) is 26.7 Å². The third-order valence-corrected chi connectivity index (χ3v) is 2.62. The van der Waals surface area contributed by atoms with Gasteiger partial charge in [0.15, 0.2) is 5.80 Å². The first-order chi connectivity index (χ1) is 7.20. The number of hydrogen-bond acceptors (Lipinski definition) is 4. The van der Waals surface area contributed by atoms with Crippen molar-refractivity contribution >= 4 is 19.5 Å². The Kier molecular flexibility index (Phi) is 9.79. The molecule has 0 aromatic heterocycles. The Labute approximate surface area is 92.1 Å². The van der Waals surface area contributed by atoms with Crippen LogP contribution in [-0.2, 0) is 14.3 Å². The lowest BCUT2D eigenvalue weighted by Gasteiger charge is -2.01. The van der Waals surface area contributed by atoms with E-state index in [1.165, 1.54) is 0 Å². The molecule has 0 aliphatic carbocycles. The van der Waals surface area contributed by atoms with E-state index < -0.39 is 13.7 Å². The Morgan fingerprint density at radius 3 is 2.53 bits per heavy atom. The van der Waals surface area contributed by atoms with Crippen molar-refractivity contribution in [3.63, 3.8) is 0 Å². The monoisotopic (exact) mass is 234 g/mol. The molecule has 0 radical (unpaired) electrons. The highest BCUT2D eigenvalue weighted by atomic mass is 31.1. The Hall–Kier alpha value is -0.440. The summed E-state index contributed by atoms with van der Waals surface area (Å²) < 4.78 is 9.93. The summed E-state index contributed by atoms with van der Waals surface area (Å²) in [6, 6.07) is 0. The van der Waals surface area contributed by atoms with Crippen molar-refractivity contribution in [1.82, 2.24) is 0 Å². The molecule has 0 heterocycles. The highest BCUT2D eigenvalue weighted by Crippen LogP contribution is 2.08.